The van der Waals surface area contributed by atoms with Gasteiger partial charge in [0.1, 0.15) is 0 Å². The highest BCUT2D eigenvalue weighted by Gasteiger charge is 2.25. The third-order valence-electron chi connectivity index (χ3n) is 4.83. The number of rotatable bonds is 7. The van der Waals surface area contributed by atoms with Crippen LogP contribution >= 0.6 is 0 Å². The highest BCUT2D eigenvalue weighted by atomic mass is 32.2. The number of hydrogen-bond acceptors (Lipinski definition) is 7. The van der Waals surface area contributed by atoms with Gasteiger partial charge < -0.3 is 9.47 Å². The molecule has 0 aromatic heterocycles. The SMILES string of the molecule is CCOC(=O)Nc1cccc(C(=O)OCC(=O)c2ccc3c(c2)CCCN3S(C)(=O)=O)c1. The lowest BCUT2D eigenvalue weighted by Gasteiger charge is -2.29. The number of nitrogens with zero attached hydrogens (tertiary/aromatic N) is 1. The van der Waals surface area contributed by atoms with E-state index in [1.165, 1.54) is 22.5 Å². The fourth-order valence-corrected chi connectivity index (χ4v) is 4.38. The Morgan fingerprint density at radius 2 is 1.84 bits per heavy atom. The van der Waals surface area contributed by atoms with E-state index in [4.69, 9.17) is 9.47 Å². The van der Waals surface area contributed by atoms with Crippen molar-refractivity contribution in [2.45, 2.75) is 19.8 Å². The van der Waals surface area contributed by atoms with Crippen LogP contribution in [0.4, 0.5) is 16.2 Å². The van der Waals surface area contributed by atoms with Crippen molar-refractivity contribution < 1.29 is 32.3 Å². The van der Waals surface area contributed by atoms with Gasteiger partial charge >= 0.3 is 12.1 Å². The van der Waals surface area contributed by atoms with Gasteiger partial charge in [-0.3, -0.25) is 14.4 Å². The van der Waals surface area contributed by atoms with E-state index in [9.17, 15) is 22.8 Å². The fourth-order valence-electron chi connectivity index (χ4n) is 3.39. The molecule has 0 bridgehead atoms. The van der Waals surface area contributed by atoms with Crippen LogP contribution in [0.1, 0.15) is 39.6 Å². The van der Waals surface area contributed by atoms with E-state index in [-0.39, 0.29) is 12.2 Å². The molecule has 0 saturated carbocycles. The van der Waals surface area contributed by atoms with E-state index >= 15 is 0 Å². The van der Waals surface area contributed by atoms with Gasteiger partial charge in [-0.1, -0.05) is 6.07 Å². The Morgan fingerprint density at radius 3 is 2.56 bits per heavy atom. The summed E-state index contributed by atoms with van der Waals surface area (Å²) in [7, 11) is -3.39. The minimum atomic E-state index is -3.39. The summed E-state index contributed by atoms with van der Waals surface area (Å²) in [6.45, 7) is 1.82. The van der Waals surface area contributed by atoms with E-state index in [0.717, 1.165) is 11.8 Å². The number of carbonyl (C=O) groups is 3. The van der Waals surface area contributed by atoms with Crippen molar-refractivity contribution in [1.82, 2.24) is 0 Å². The number of nitrogens with one attached hydrogen (secondary N) is 1. The predicted octanol–water partition coefficient (Wildman–Crippen LogP) is 3.01. The molecular weight excluding hydrogens is 436 g/mol. The molecule has 170 valence electrons. The van der Waals surface area contributed by atoms with Crippen LogP contribution in [0.15, 0.2) is 42.5 Å². The predicted molar refractivity (Wildman–Crippen MR) is 119 cm³/mol. The van der Waals surface area contributed by atoms with Gasteiger partial charge in [0.15, 0.2) is 12.4 Å². The number of esters is 1. The number of ketones is 1. The first-order valence-corrected chi connectivity index (χ1v) is 11.9. The second kappa shape index (κ2) is 9.82. The number of sulfonamides is 1. The van der Waals surface area contributed by atoms with Crippen molar-refractivity contribution in [3.05, 3.63) is 59.2 Å². The zero-order chi connectivity index (χ0) is 23.3. The summed E-state index contributed by atoms with van der Waals surface area (Å²) in [6.07, 6.45) is 1.82. The molecule has 1 aliphatic heterocycles. The van der Waals surface area contributed by atoms with Crippen LogP contribution in [-0.2, 0) is 25.9 Å². The first kappa shape index (κ1) is 23.3. The molecule has 9 nitrogen and oxygen atoms in total. The van der Waals surface area contributed by atoms with Gasteiger partial charge in [-0.05, 0) is 61.7 Å². The first-order valence-electron chi connectivity index (χ1n) is 10.0. The lowest BCUT2D eigenvalue weighted by molar-refractivity contribution is 0.0474. The van der Waals surface area contributed by atoms with Crippen LogP contribution in [0.2, 0.25) is 0 Å². The summed E-state index contributed by atoms with van der Waals surface area (Å²) in [5, 5.41) is 2.49. The van der Waals surface area contributed by atoms with E-state index in [1.54, 1.807) is 31.2 Å². The van der Waals surface area contributed by atoms with E-state index in [1.807, 2.05) is 0 Å². The lowest BCUT2D eigenvalue weighted by atomic mass is 9.99. The molecule has 0 aliphatic carbocycles. The molecule has 2 aromatic carbocycles. The third kappa shape index (κ3) is 5.64. The number of amides is 1. The highest BCUT2D eigenvalue weighted by molar-refractivity contribution is 7.92. The largest absolute Gasteiger partial charge is 0.454 e. The quantitative estimate of drug-likeness (QED) is 0.498. The van der Waals surface area contributed by atoms with Crippen molar-refractivity contribution in [1.29, 1.82) is 0 Å². The molecule has 1 aliphatic rings. The highest BCUT2D eigenvalue weighted by Crippen LogP contribution is 2.30. The smallest absolute Gasteiger partial charge is 0.411 e. The van der Waals surface area contributed by atoms with Crippen LogP contribution < -0.4 is 9.62 Å². The van der Waals surface area contributed by atoms with E-state index in [0.29, 0.717) is 36.3 Å². The maximum Gasteiger partial charge on any atom is 0.411 e. The van der Waals surface area contributed by atoms with E-state index < -0.39 is 34.5 Å². The average molecular weight is 461 g/mol. The molecule has 0 atom stereocenters. The van der Waals surface area contributed by atoms with Crippen molar-refractivity contribution >= 4 is 39.2 Å². The Kier molecular flexibility index (Phi) is 7.14. The van der Waals surface area contributed by atoms with Gasteiger partial charge in [-0.25, -0.2) is 18.0 Å². The molecule has 1 heterocycles. The molecule has 1 N–H and O–H groups in total. The van der Waals surface area contributed by atoms with Gasteiger partial charge in [0.25, 0.3) is 0 Å². The molecule has 3 rings (SSSR count). The number of aryl methyl sites for hydroxylation is 1. The number of ether oxygens (including phenoxy) is 2. The summed E-state index contributed by atoms with van der Waals surface area (Å²) in [4.78, 5) is 36.4. The number of hydrogen-bond donors (Lipinski definition) is 1. The van der Waals surface area contributed by atoms with Crippen LogP contribution in [0.25, 0.3) is 0 Å². The standard InChI is InChI=1S/C22H24N2O7S/c1-3-30-22(27)23-18-8-4-6-17(13-18)21(26)31-14-20(25)16-9-10-19-15(12-16)7-5-11-24(19)32(2,28)29/h4,6,8-10,12-13H,3,5,7,11,14H2,1-2H3,(H,23,27). The maximum absolute atomic E-state index is 12.5. The summed E-state index contributed by atoms with van der Waals surface area (Å²) < 4.78 is 35.2. The maximum atomic E-state index is 12.5. The Bertz CT molecular complexity index is 1140. The second-order valence-electron chi connectivity index (χ2n) is 7.21. The Labute approximate surface area is 186 Å². The number of anilines is 2. The normalized spacial score (nSPS) is 13.1. The molecule has 0 spiro atoms. The molecule has 0 unspecified atom stereocenters. The van der Waals surface area contributed by atoms with Crippen molar-refractivity contribution in [3.8, 4) is 0 Å². The van der Waals surface area contributed by atoms with Crippen molar-refractivity contribution in [2.24, 2.45) is 0 Å². The summed E-state index contributed by atoms with van der Waals surface area (Å²) >= 11 is 0. The number of fused-ring (bicyclic) bond motifs is 1. The second-order valence-corrected chi connectivity index (χ2v) is 9.11. The number of Topliss-reactive ketones (excluding diaryl/α,β-unsaturated/α-hetero) is 1. The first-order chi connectivity index (χ1) is 15.2. The van der Waals surface area contributed by atoms with Crippen LogP contribution in [0.5, 0.6) is 0 Å². The molecule has 10 heteroatoms. The fraction of sp³-hybridized carbons (Fsp3) is 0.318. The molecule has 2 aromatic rings. The molecule has 32 heavy (non-hydrogen) atoms. The molecule has 1 amide bonds. The van der Waals surface area contributed by atoms with Crippen molar-refractivity contribution in [2.75, 3.05) is 35.6 Å². The van der Waals surface area contributed by atoms with Gasteiger partial charge in [-0.15, -0.1) is 0 Å². The summed E-state index contributed by atoms with van der Waals surface area (Å²) in [5.41, 5.74) is 2.19. The number of carbonyl (C=O) groups excluding carboxylic acids is 3. The summed E-state index contributed by atoms with van der Waals surface area (Å²) in [6, 6.07) is 10.9. The average Bonchev–Trinajstić information content (AvgIpc) is 2.76. The molecule has 0 radical (unpaired) electrons. The molecule has 0 saturated heterocycles. The topological polar surface area (TPSA) is 119 Å². The minimum absolute atomic E-state index is 0.168. The van der Waals surface area contributed by atoms with Crippen LogP contribution in [0.3, 0.4) is 0 Å². The third-order valence-corrected chi connectivity index (χ3v) is 6.01. The monoisotopic (exact) mass is 460 g/mol. The Morgan fingerprint density at radius 1 is 1.06 bits per heavy atom. The zero-order valence-electron chi connectivity index (χ0n) is 17.8. The van der Waals surface area contributed by atoms with Crippen LogP contribution in [0, 0.1) is 0 Å². The lowest BCUT2D eigenvalue weighted by Crippen LogP contribution is -2.34. The van der Waals surface area contributed by atoms with Crippen molar-refractivity contribution in [3.63, 3.8) is 0 Å². The number of benzene rings is 2. The van der Waals surface area contributed by atoms with E-state index in [2.05, 4.69) is 5.32 Å². The molecular formula is C22H24N2O7S. The minimum Gasteiger partial charge on any atom is -0.454 e. The van der Waals surface area contributed by atoms with Gasteiger partial charge in [0.2, 0.25) is 10.0 Å². The van der Waals surface area contributed by atoms with Gasteiger partial charge in [0, 0.05) is 17.8 Å². The van der Waals surface area contributed by atoms with Gasteiger partial charge in [-0.2, -0.15) is 0 Å². The van der Waals surface area contributed by atoms with Gasteiger partial charge in [0.05, 0.1) is 24.1 Å². The van der Waals surface area contributed by atoms with Crippen LogP contribution in [-0.4, -0.2) is 52.3 Å². The zero-order valence-corrected chi connectivity index (χ0v) is 18.6. The molecule has 0 fully saturated rings. The Balaban J connectivity index is 1.65. The summed E-state index contributed by atoms with van der Waals surface area (Å²) in [5.74, 6) is -1.12. The Hall–Kier alpha value is -3.40.